The topological polar surface area (TPSA) is 57.4 Å². The van der Waals surface area contributed by atoms with Gasteiger partial charge >= 0.3 is 0 Å². The Morgan fingerprint density at radius 1 is 1.16 bits per heavy atom. The average molecular weight is 341 g/mol. The Kier molecular flexibility index (Phi) is 5.40. The molecule has 1 amide bonds. The van der Waals surface area contributed by atoms with Gasteiger partial charge in [-0.05, 0) is 30.3 Å². The summed E-state index contributed by atoms with van der Waals surface area (Å²) in [6.07, 6.45) is 3.96. The van der Waals surface area contributed by atoms with E-state index >= 15 is 0 Å². The molecule has 132 valence electrons. The highest BCUT2D eigenvalue weighted by molar-refractivity contribution is 5.87. The van der Waals surface area contributed by atoms with Crippen molar-refractivity contribution in [1.29, 1.82) is 0 Å². The number of nitrogens with one attached hydrogen (secondary N) is 1. The Labute approximate surface area is 147 Å². The van der Waals surface area contributed by atoms with E-state index in [1.165, 1.54) is 0 Å². The number of carbonyl (C=O) groups is 1. The van der Waals surface area contributed by atoms with Crippen molar-refractivity contribution < 1.29 is 14.3 Å². The van der Waals surface area contributed by atoms with E-state index in [0.717, 1.165) is 23.1 Å². The lowest BCUT2D eigenvalue weighted by Gasteiger charge is -2.10. The fraction of sp³-hybridized carbons (Fsp3) is 0.316. The first kappa shape index (κ1) is 17.1. The zero-order valence-electron chi connectivity index (χ0n) is 14.6. The first-order chi connectivity index (χ1) is 12.2. The molecule has 0 aliphatic carbocycles. The van der Waals surface area contributed by atoms with Crippen molar-refractivity contribution in [3.05, 3.63) is 54.5 Å². The molecule has 6 nitrogen and oxygen atoms in total. The van der Waals surface area contributed by atoms with Crippen LogP contribution in [0.5, 0.6) is 5.75 Å². The van der Waals surface area contributed by atoms with Gasteiger partial charge in [-0.2, -0.15) is 0 Å². The summed E-state index contributed by atoms with van der Waals surface area (Å²) in [7, 11) is 3.64. The van der Waals surface area contributed by atoms with Crippen LogP contribution < -0.4 is 10.1 Å². The van der Waals surface area contributed by atoms with Gasteiger partial charge in [0.05, 0.1) is 18.7 Å². The van der Waals surface area contributed by atoms with Crippen molar-refractivity contribution in [3.63, 3.8) is 0 Å². The molecule has 0 atom stereocenters. The molecule has 2 heterocycles. The molecule has 0 aliphatic heterocycles. The van der Waals surface area contributed by atoms with Crippen LogP contribution in [0.1, 0.15) is 5.69 Å². The van der Waals surface area contributed by atoms with Crippen molar-refractivity contribution in [2.45, 2.75) is 13.1 Å². The van der Waals surface area contributed by atoms with Gasteiger partial charge in [0.15, 0.2) is 6.61 Å². The van der Waals surface area contributed by atoms with Gasteiger partial charge in [0, 0.05) is 44.2 Å². The van der Waals surface area contributed by atoms with Crippen molar-refractivity contribution in [2.75, 3.05) is 20.3 Å². The van der Waals surface area contributed by atoms with Gasteiger partial charge in [0.1, 0.15) is 5.75 Å². The van der Waals surface area contributed by atoms with Crippen LogP contribution in [0.15, 0.2) is 48.8 Å². The van der Waals surface area contributed by atoms with Gasteiger partial charge in [0.25, 0.3) is 5.91 Å². The number of hydrogen-bond donors (Lipinski definition) is 1. The Morgan fingerprint density at radius 3 is 2.80 bits per heavy atom. The van der Waals surface area contributed by atoms with Crippen LogP contribution in [-0.2, 0) is 29.7 Å². The Bertz CT molecular complexity index is 851. The first-order valence-electron chi connectivity index (χ1n) is 8.25. The van der Waals surface area contributed by atoms with Crippen LogP contribution >= 0.6 is 0 Å². The fourth-order valence-electron chi connectivity index (χ4n) is 2.77. The minimum Gasteiger partial charge on any atom is -0.483 e. The minimum absolute atomic E-state index is 0.00716. The molecule has 0 fully saturated rings. The summed E-state index contributed by atoms with van der Waals surface area (Å²) in [5.74, 6) is 0.569. The standard InChI is InChI=1S/C19H23N3O3/c1-21-9-4-5-15(21)13-20-19(23)14-25-18-7-3-6-17-16(18)8-10-22(17)11-12-24-2/h3-10H,11-14H2,1-2H3,(H,20,23). The third-order valence-corrected chi connectivity index (χ3v) is 4.19. The molecule has 0 spiro atoms. The molecule has 0 saturated carbocycles. The van der Waals surface area contributed by atoms with E-state index in [-0.39, 0.29) is 12.5 Å². The maximum Gasteiger partial charge on any atom is 0.258 e. The van der Waals surface area contributed by atoms with Crippen molar-refractivity contribution in [3.8, 4) is 5.75 Å². The monoisotopic (exact) mass is 341 g/mol. The van der Waals surface area contributed by atoms with E-state index in [1.807, 2.05) is 60.4 Å². The molecule has 2 aromatic heterocycles. The molecule has 0 radical (unpaired) electrons. The number of aryl methyl sites for hydroxylation is 1. The third-order valence-electron chi connectivity index (χ3n) is 4.19. The van der Waals surface area contributed by atoms with E-state index < -0.39 is 0 Å². The number of amides is 1. The van der Waals surface area contributed by atoms with Crippen LogP contribution in [0.25, 0.3) is 10.9 Å². The largest absolute Gasteiger partial charge is 0.483 e. The molecule has 3 rings (SSSR count). The summed E-state index contributed by atoms with van der Waals surface area (Å²) in [5.41, 5.74) is 2.12. The predicted octanol–water partition coefficient (Wildman–Crippen LogP) is 2.32. The number of ether oxygens (including phenoxy) is 2. The second-order valence-electron chi connectivity index (χ2n) is 5.87. The molecule has 0 unspecified atom stereocenters. The lowest BCUT2D eigenvalue weighted by atomic mass is 10.2. The summed E-state index contributed by atoms with van der Waals surface area (Å²) in [6.45, 7) is 1.91. The van der Waals surface area contributed by atoms with Gasteiger partial charge < -0.3 is 23.9 Å². The van der Waals surface area contributed by atoms with Crippen LogP contribution in [0, 0.1) is 0 Å². The third kappa shape index (κ3) is 4.03. The number of benzene rings is 1. The van der Waals surface area contributed by atoms with E-state index in [2.05, 4.69) is 9.88 Å². The normalized spacial score (nSPS) is 11.0. The molecule has 0 aliphatic rings. The number of aromatic nitrogens is 2. The predicted molar refractivity (Wildman–Crippen MR) is 96.6 cm³/mol. The zero-order valence-corrected chi connectivity index (χ0v) is 14.6. The Hall–Kier alpha value is -2.73. The van der Waals surface area contributed by atoms with Crippen molar-refractivity contribution >= 4 is 16.8 Å². The summed E-state index contributed by atoms with van der Waals surface area (Å²) in [4.78, 5) is 12.0. The SMILES string of the molecule is COCCn1ccc2c(OCC(=O)NCc3cccn3C)cccc21. The molecule has 0 bridgehead atoms. The summed E-state index contributed by atoms with van der Waals surface area (Å²) < 4.78 is 15.0. The molecular weight excluding hydrogens is 318 g/mol. The van der Waals surface area contributed by atoms with Crippen molar-refractivity contribution in [2.24, 2.45) is 7.05 Å². The lowest BCUT2D eigenvalue weighted by molar-refractivity contribution is -0.123. The molecule has 1 aromatic carbocycles. The summed E-state index contributed by atoms with van der Waals surface area (Å²) in [6, 6.07) is 11.8. The Morgan fingerprint density at radius 2 is 2.04 bits per heavy atom. The minimum atomic E-state index is -0.142. The summed E-state index contributed by atoms with van der Waals surface area (Å²) >= 11 is 0. The van der Waals surface area contributed by atoms with E-state index in [1.54, 1.807) is 7.11 Å². The van der Waals surface area contributed by atoms with Gasteiger partial charge in [0.2, 0.25) is 0 Å². The number of methoxy groups -OCH3 is 1. The molecule has 0 saturated heterocycles. The number of hydrogen-bond acceptors (Lipinski definition) is 3. The maximum atomic E-state index is 12.0. The van der Waals surface area contributed by atoms with Gasteiger partial charge in [-0.15, -0.1) is 0 Å². The average Bonchev–Trinajstić information content (AvgIpc) is 3.22. The van der Waals surface area contributed by atoms with E-state index in [4.69, 9.17) is 9.47 Å². The van der Waals surface area contributed by atoms with Gasteiger partial charge in [-0.3, -0.25) is 4.79 Å². The van der Waals surface area contributed by atoms with Crippen LogP contribution in [0.2, 0.25) is 0 Å². The number of rotatable bonds is 8. The maximum absolute atomic E-state index is 12.0. The zero-order chi connectivity index (χ0) is 17.6. The Balaban J connectivity index is 1.60. The van der Waals surface area contributed by atoms with E-state index in [0.29, 0.717) is 18.9 Å². The van der Waals surface area contributed by atoms with Gasteiger partial charge in [-0.1, -0.05) is 6.07 Å². The molecule has 3 aromatic rings. The first-order valence-corrected chi connectivity index (χ1v) is 8.25. The number of carbonyl (C=O) groups excluding carboxylic acids is 1. The van der Waals surface area contributed by atoms with Crippen LogP contribution in [0.4, 0.5) is 0 Å². The summed E-state index contributed by atoms with van der Waals surface area (Å²) in [5, 5.41) is 3.87. The number of nitrogens with zero attached hydrogens (tertiary/aromatic N) is 2. The van der Waals surface area contributed by atoms with E-state index in [9.17, 15) is 4.79 Å². The van der Waals surface area contributed by atoms with Crippen LogP contribution in [0.3, 0.4) is 0 Å². The highest BCUT2D eigenvalue weighted by Gasteiger charge is 2.09. The van der Waals surface area contributed by atoms with Gasteiger partial charge in [-0.25, -0.2) is 0 Å². The number of fused-ring (bicyclic) bond motifs is 1. The molecule has 25 heavy (non-hydrogen) atoms. The lowest BCUT2D eigenvalue weighted by Crippen LogP contribution is -2.29. The van der Waals surface area contributed by atoms with Crippen LogP contribution in [-0.4, -0.2) is 35.4 Å². The van der Waals surface area contributed by atoms with Crippen molar-refractivity contribution in [1.82, 2.24) is 14.5 Å². The smallest absolute Gasteiger partial charge is 0.258 e. The molecule has 6 heteroatoms. The fourth-order valence-corrected chi connectivity index (χ4v) is 2.77. The second kappa shape index (κ2) is 7.90. The highest BCUT2D eigenvalue weighted by atomic mass is 16.5. The molecular formula is C19H23N3O3. The quantitative estimate of drug-likeness (QED) is 0.684. The molecule has 1 N–H and O–H groups in total. The highest BCUT2D eigenvalue weighted by Crippen LogP contribution is 2.26. The second-order valence-corrected chi connectivity index (χ2v) is 5.87.